The van der Waals surface area contributed by atoms with E-state index in [1.165, 1.54) is 16.8 Å². The summed E-state index contributed by atoms with van der Waals surface area (Å²) in [5.74, 6) is 0. The van der Waals surface area contributed by atoms with Crippen LogP contribution in [0, 0.1) is 0 Å². The van der Waals surface area contributed by atoms with Crippen molar-refractivity contribution in [1.82, 2.24) is 15.3 Å². The SMILES string of the molecule is CCc1ccc(C(CC)NCCc2cnc[nH]2)cc1. The van der Waals surface area contributed by atoms with E-state index >= 15 is 0 Å². The third-order valence-corrected chi connectivity index (χ3v) is 3.54. The molecular weight excluding hydrogens is 234 g/mol. The first kappa shape index (κ1) is 13.8. The van der Waals surface area contributed by atoms with Crippen molar-refractivity contribution in [2.24, 2.45) is 0 Å². The van der Waals surface area contributed by atoms with Crippen molar-refractivity contribution in [1.29, 1.82) is 0 Å². The van der Waals surface area contributed by atoms with Crippen molar-refractivity contribution in [2.75, 3.05) is 6.54 Å². The highest BCUT2D eigenvalue weighted by atomic mass is 14.9. The lowest BCUT2D eigenvalue weighted by Crippen LogP contribution is -2.23. The Balaban J connectivity index is 1.88. The molecule has 2 aromatic rings. The van der Waals surface area contributed by atoms with E-state index in [0.29, 0.717) is 6.04 Å². The zero-order valence-corrected chi connectivity index (χ0v) is 11.8. The third-order valence-electron chi connectivity index (χ3n) is 3.54. The lowest BCUT2D eigenvalue weighted by Gasteiger charge is -2.17. The van der Waals surface area contributed by atoms with Crippen LogP contribution < -0.4 is 5.32 Å². The fraction of sp³-hybridized carbons (Fsp3) is 0.438. The Hall–Kier alpha value is -1.61. The second kappa shape index (κ2) is 7.10. The molecule has 3 nitrogen and oxygen atoms in total. The van der Waals surface area contributed by atoms with Crippen molar-refractivity contribution in [3.05, 3.63) is 53.6 Å². The second-order valence-electron chi connectivity index (χ2n) is 4.84. The monoisotopic (exact) mass is 257 g/mol. The highest BCUT2D eigenvalue weighted by Crippen LogP contribution is 2.17. The van der Waals surface area contributed by atoms with Crippen LogP contribution in [0.5, 0.6) is 0 Å². The number of nitrogens with zero attached hydrogens (tertiary/aromatic N) is 1. The minimum absolute atomic E-state index is 0.439. The molecule has 0 bridgehead atoms. The molecule has 3 heteroatoms. The van der Waals surface area contributed by atoms with Gasteiger partial charge in [0.1, 0.15) is 0 Å². The number of rotatable bonds is 7. The normalized spacial score (nSPS) is 12.5. The number of hydrogen-bond acceptors (Lipinski definition) is 2. The van der Waals surface area contributed by atoms with E-state index in [-0.39, 0.29) is 0 Å². The predicted octanol–water partition coefficient (Wildman–Crippen LogP) is 3.26. The molecule has 0 amide bonds. The van der Waals surface area contributed by atoms with Crippen molar-refractivity contribution in [3.63, 3.8) is 0 Å². The molecule has 1 unspecified atom stereocenters. The zero-order chi connectivity index (χ0) is 13.5. The maximum absolute atomic E-state index is 4.03. The molecule has 0 aliphatic rings. The topological polar surface area (TPSA) is 40.7 Å². The Labute approximate surface area is 115 Å². The van der Waals surface area contributed by atoms with Gasteiger partial charge < -0.3 is 10.3 Å². The average Bonchev–Trinajstić information content (AvgIpc) is 2.97. The van der Waals surface area contributed by atoms with E-state index in [0.717, 1.165) is 25.8 Å². The van der Waals surface area contributed by atoms with Gasteiger partial charge in [0.15, 0.2) is 0 Å². The largest absolute Gasteiger partial charge is 0.348 e. The van der Waals surface area contributed by atoms with Gasteiger partial charge in [-0.05, 0) is 24.0 Å². The van der Waals surface area contributed by atoms with Gasteiger partial charge in [-0.3, -0.25) is 0 Å². The zero-order valence-electron chi connectivity index (χ0n) is 11.8. The third kappa shape index (κ3) is 3.93. The quantitative estimate of drug-likeness (QED) is 0.799. The molecule has 0 spiro atoms. The Morgan fingerprint density at radius 1 is 1.21 bits per heavy atom. The molecule has 1 heterocycles. The number of H-pyrrole nitrogens is 1. The molecule has 0 aliphatic carbocycles. The minimum Gasteiger partial charge on any atom is -0.348 e. The maximum Gasteiger partial charge on any atom is 0.0921 e. The summed E-state index contributed by atoms with van der Waals surface area (Å²) in [6.07, 6.45) is 6.82. The molecule has 2 N–H and O–H groups in total. The fourth-order valence-corrected chi connectivity index (χ4v) is 2.29. The predicted molar refractivity (Wildman–Crippen MR) is 79.1 cm³/mol. The molecule has 0 fully saturated rings. The maximum atomic E-state index is 4.03. The summed E-state index contributed by atoms with van der Waals surface area (Å²) in [5, 5.41) is 3.61. The van der Waals surface area contributed by atoms with Crippen LogP contribution in [0.3, 0.4) is 0 Å². The van der Waals surface area contributed by atoms with Gasteiger partial charge in [-0.25, -0.2) is 4.98 Å². The van der Waals surface area contributed by atoms with Crippen molar-refractivity contribution in [3.8, 4) is 0 Å². The van der Waals surface area contributed by atoms with Gasteiger partial charge in [0, 0.05) is 30.9 Å². The smallest absolute Gasteiger partial charge is 0.0921 e. The summed E-state index contributed by atoms with van der Waals surface area (Å²) in [6, 6.07) is 9.39. The summed E-state index contributed by atoms with van der Waals surface area (Å²) in [6.45, 7) is 5.38. The first-order chi connectivity index (χ1) is 9.33. The van der Waals surface area contributed by atoms with E-state index in [2.05, 4.69) is 53.4 Å². The summed E-state index contributed by atoms with van der Waals surface area (Å²) >= 11 is 0. The van der Waals surface area contributed by atoms with Crippen LogP contribution >= 0.6 is 0 Å². The van der Waals surface area contributed by atoms with Gasteiger partial charge in [0.05, 0.1) is 6.33 Å². The number of hydrogen-bond donors (Lipinski definition) is 2. The second-order valence-corrected chi connectivity index (χ2v) is 4.84. The first-order valence-corrected chi connectivity index (χ1v) is 7.13. The molecule has 1 atom stereocenters. The average molecular weight is 257 g/mol. The Bertz CT molecular complexity index is 459. The van der Waals surface area contributed by atoms with E-state index < -0.39 is 0 Å². The van der Waals surface area contributed by atoms with Crippen LogP contribution in [0.1, 0.15) is 43.1 Å². The van der Waals surface area contributed by atoms with Crippen LogP contribution in [0.2, 0.25) is 0 Å². The van der Waals surface area contributed by atoms with Gasteiger partial charge in [0.2, 0.25) is 0 Å². The molecule has 102 valence electrons. The summed E-state index contributed by atoms with van der Waals surface area (Å²) < 4.78 is 0. The lowest BCUT2D eigenvalue weighted by atomic mass is 10.0. The number of imidazole rings is 1. The molecule has 1 aromatic carbocycles. The van der Waals surface area contributed by atoms with Crippen LogP contribution in [-0.4, -0.2) is 16.5 Å². The number of benzene rings is 1. The molecule has 19 heavy (non-hydrogen) atoms. The molecule has 0 saturated carbocycles. The van der Waals surface area contributed by atoms with Crippen molar-refractivity contribution in [2.45, 2.75) is 39.2 Å². The molecule has 0 radical (unpaired) electrons. The van der Waals surface area contributed by atoms with Crippen molar-refractivity contribution >= 4 is 0 Å². The number of aryl methyl sites for hydroxylation is 1. The highest BCUT2D eigenvalue weighted by molar-refractivity contribution is 5.25. The van der Waals surface area contributed by atoms with Crippen LogP contribution in [0.4, 0.5) is 0 Å². The molecular formula is C16H23N3. The van der Waals surface area contributed by atoms with Gasteiger partial charge in [-0.2, -0.15) is 0 Å². The van der Waals surface area contributed by atoms with Gasteiger partial charge in [0.25, 0.3) is 0 Å². The molecule has 1 aromatic heterocycles. The van der Waals surface area contributed by atoms with Crippen molar-refractivity contribution < 1.29 is 0 Å². The van der Waals surface area contributed by atoms with Gasteiger partial charge in [-0.15, -0.1) is 0 Å². The number of nitrogens with one attached hydrogen (secondary N) is 2. The van der Waals surface area contributed by atoms with E-state index in [4.69, 9.17) is 0 Å². The Morgan fingerprint density at radius 3 is 2.58 bits per heavy atom. The summed E-state index contributed by atoms with van der Waals surface area (Å²) in [4.78, 5) is 7.17. The Kier molecular flexibility index (Phi) is 5.16. The fourth-order valence-electron chi connectivity index (χ4n) is 2.29. The van der Waals surface area contributed by atoms with Crippen LogP contribution in [0.25, 0.3) is 0 Å². The van der Waals surface area contributed by atoms with Gasteiger partial charge >= 0.3 is 0 Å². The molecule has 0 aliphatic heterocycles. The standard InChI is InChI=1S/C16H23N3/c1-3-13-5-7-14(8-6-13)16(4-2)18-10-9-15-11-17-12-19-15/h5-8,11-12,16,18H,3-4,9-10H2,1-2H3,(H,17,19). The summed E-state index contributed by atoms with van der Waals surface area (Å²) in [5.41, 5.74) is 3.96. The molecule has 2 rings (SSSR count). The molecule has 0 saturated heterocycles. The Morgan fingerprint density at radius 2 is 2.00 bits per heavy atom. The number of aromatic amines is 1. The minimum atomic E-state index is 0.439. The van der Waals surface area contributed by atoms with Crippen LogP contribution in [-0.2, 0) is 12.8 Å². The van der Waals surface area contributed by atoms with E-state index in [1.807, 2.05) is 6.20 Å². The van der Waals surface area contributed by atoms with E-state index in [1.54, 1.807) is 6.33 Å². The van der Waals surface area contributed by atoms with E-state index in [9.17, 15) is 0 Å². The lowest BCUT2D eigenvalue weighted by molar-refractivity contribution is 0.521. The number of aromatic nitrogens is 2. The summed E-state index contributed by atoms with van der Waals surface area (Å²) in [7, 11) is 0. The van der Waals surface area contributed by atoms with Gasteiger partial charge in [-0.1, -0.05) is 38.1 Å². The first-order valence-electron chi connectivity index (χ1n) is 7.13. The van der Waals surface area contributed by atoms with Crippen LogP contribution in [0.15, 0.2) is 36.8 Å². The highest BCUT2D eigenvalue weighted by Gasteiger charge is 2.08.